The molecule has 0 radical (unpaired) electrons. The van der Waals surface area contributed by atoms with Gasteiger partial charge in [0.05, 0.1) is 5.75 Å². The summed E-state index contributed by atoms with van der Waals surface area (Å²) < 4.78 is 25.6. The monoisotopic (exact) mass is 489 g/mol. The fourth-order valence-corrected chi connectivity index (χ4v) is 5.27. The molecule has 3 rings (SSSR count). The van der Waals surface area contributed by atoms with Gasteiger partial charge in [0.2, 0.25) is 19.3 Å². The zero-order valence-corrected chi connectivity index (χ0v) is 20.2. The highest BCUT2D eigenvalue weighted by atomic mass is 35.5. The number of amides is 1. The molecule has 0 fully saturated rings. The van der Waals surface area contributed by atoms with Crippen molar-refractivity contribution in [2.75, 3.05) is 11.1 Å². The summed E-state index contributed by atoms with van der Waals surface area (Å²) in [4.78, 5) is 12.6. The highest BCUT2D eigenvalue weighted by Crippen LogP contribution is 2.28. The quantitative estimate of drug-likeness (QED) is 0.314. The Morgan fingerprint density at radius 2 is 2.03 bits per heavy atom. The maximum atomic E-state index is 12.6. The van der Waals surface area contributed by atoms with E-state index in [1.807, 2.05) is 55.7 Å². The number of nitriles is 1. The van der Waals surface area contributed by atoms with Gasteiger partial charge in [-0.05, 0) is 56.2 Å². The summed E-state index contributed by atoms with van der Waals surface area (Å²) in [5.74, 6) is -0.825. The van der Waals surface area contributed by atoms with E-state index in [4.69, 9.17) is 11.6 Å². The first-order valence-corrected chi connectivity index (χ1v) is 12.4. The normalized spacial score (nSPS) is 11.9. The Balaban J connectivity index is 1.93. The number of carbonyl (C=O) groups is 1. The Kier molecular flexibility index (Phi) is 6.83. The smallest absolute Gasteiger partial charge is 0.268 e. The summed E-state index contributed by atoms with van der Waals surface area (Å²) in [5.41, 5.74) is 4.12. The Morgan fingerprint density at radius 3 is 2.69 bits per heavy atom. The molecule has 0 aliphatic carbocycles. The summed E-state index contributed by atoms with van der Waals surface area (Å²) in [6.45, 7) is 7.23. The first-order valence-electron chi connectivity index (χ1n) is 9.52. The van der Waals surface area contributed by atoms with Crippen LogP contribution in [0.25, 0.3) is 11.8 Å². The highest BCUT2D eigenvalue weighted by Gasteiger charge is 2.20. The van der Waals surface area contributed by atoms with E-state index >= 15 is 0 Å². The van der Waals surface area contributed by atoms with Gasteiger partial charge < -0.3 is 4.57 Å². The van der Waals surface area contributed by atoms with Crippen molar-refractivity contribution in [1.29, 1.82) is 5.26 Å². The number of benzene rings is 1. The second-order valence-electron chi connectivity index (χ2n) is 6.95. The standard InChI is InChI=1S/C21H20ClN5O3S2/c1-5-32(29,30)21-26-25-20(31-21)24-19(28)16(11-23)10-15-9-12(2)27(14(15)4)18-8-6-7-17(22)13(18)3/h6-10H,5H2,1-4H3,(H,24,25,28)/b16-10-. The third-order valence-electron chi connectivity index (χ3n) is 4.89. The first kappa shape index (κ1) is 23.7. The molecule has 11 heteroatoms. The van der Waals surface area contributed by atoms with Crippen molar-refractivity contribution in [3.05, 3.63) is 57.4 Å². The summed E-state index contributed by atoms with van der Waals surface area (Å²) >= 11 is 7.01. The molecule has 1 N–H and O–H groups in total. The Labute approximate surface area is 195 Å². The number of aryl methyl sites for hydroxylation is 1. The highest BCUT2D eigenvalue weighted by molar-refractivity contribution is 7.93. The predicted molar refractivity (Wildman–Crippen MR) is 125 cm³/mol. The topological polar surface area (TPSA) is 118 Å². The maximum Gasteiger partial charge on any atom is 0.268 e. The summed E-state index contributed by atoms with van der Waals surface area (Å²) in [5, 5.41) is 19.9. The van der Waals surface area contributed by atoms with Crippen LogP contribution < -0.4 is 5.32 Å². The number of aromatic nitrogens is 3. The number of nitrogens with zero attached hydrogens (tertiary/aromatic N) is 4. The third kappa shape index (κ3) is 4.60. The van der Waals surface area contributed by atoms with Gasteiger partial charge in [0, 0.05) is 22.1 Å². The van der Waals surface area contributed by atoms with Crippen molar-refractivity contribution >= 4 is 49.9 Å². The van der Waals surface area contributed by atoms with Crippen LogP contribution in [0.5, 0.6) is 0 Å². The van der Waals surface area contributed by atoms with E-state index in [0.29, 0.717) is 10.6 Å². The second-order valence-corrected chi connectivity index (χ2v) is 10.8. The van der Waals surface area contributed by atoms with Crippen molar-refractivity contribution in [2.45, 2.75) is 32.0 Å². The number of rotatable bonds is 6. The van der Waals surface area contributed by atoms with Crippen molar-refractivity contribution < 1.29 is 13.2 Å². The molecular formula is C21H20ClN5O3S2. The molecule has 0 aliphatic rings. The van der Waals surface area contributed by atoms with Crippen LogP contribution in [0.2, 0.25) is 5.02 Å². The van der Waals surface area contributed by atoms with Gasteiger partial charge in [-0.15, -0.1) is 10.2 Å². The number of hydrogen-bond donors (Lipinski definition) is 1. The van der Waals surface area contributed by atoms with Crippen LogP contribution in [0.4, 0.5) is 5.13 Å². The number of halogens is 1. The minimum absolute atomic E-state index is 0.00296. The molecule has 166 valence electrons. The summed E-state index contributed by atoms with van der Waals surface area (Å²) in [6.07, 6.45) is 1.48. The van der Waals surface area contributed by atoms with Crippen LogP contribution in [0, 0.1) is 32.1 Å². The number of sulfone groups is 1. The van der Waals surface area contributed by atoms with Gasteiger partial charge in [0.1, 0.15) is 11.6 Å². The minimum Gasteiger partial charge on any atom is -0.318 e. The maximum absolute atomic E-state index is 12.6. The Morgan fingerprint density at radius 1 is 1.31 bits per heavy atom. The fraction of sp³-hybridized carbons (Fsp3) is 0.238. The van der Waals surface area contributed by atoms with Gasteiger partial charge in [-0.1, -0.05) is 35.9 Å². The molecule has 0 aliphatic heterocycles. The van der Waals surface area contributed by atoms with Gasteiger partial charge in [-0.3, -0.25) is 10.1 Å². The van der Waals surface area contributed by atoms with Gasteiger partial charge in [0.25, 0.3) is 5.91 Å². The lowest BCUT2D eigenvalue weighted by molar-refractivity contribution is -0.112. The zero-order valence-electron chi connectivity index (χ0n) is 17.8. The number of carbonyl (C=O) groups excluding carboxylic acids is 1. The van der Waals surface area contributed by atoms with E-state index in [2.05, 4.69) is 15.5 Å². The third-order valence-corrected chi connectivity index (χ3v) is 8.32. The lowest BCUT2D eigenvalue weighted by atomic mass is 10.1. The average Bonchev–Trinajstić information content (AvgIpc) is 3.33. The van der Waals surface area contributed by atoms with Crippen LogP contribution in [0.3, 0.4) is 0 Å². The summed E-state index contributed by atoms with van der Waals surface area (Å²) in [7, 11) is -3.53. The minimum atomic E-state index is -3.53. The molecule has 0 unspecified atom stereocenters. The number of nitrogens with one attached hydrogen (secondary N) is 1. The molecule has 8 nitrogen and oxygen atoms in total. The molecule has 3 aromatic rings. The lowest BCUT2D eigenvalue weighted by Gasteiger charge is -2.13. The van der Waals surface area contributed by atoms with Gasteiger partial charge >= 0.3 is 0 Å². The Hall–Kier alpha value is -3.00. The zero-order chi connectivity index (χ0) is 23.6. The SMILES string of the molecule is CCS(=O)(=O)c1nnc(NC(=O)/C(C#N)=C\c2cc(C)n(-c3cccc(Cl)c3C)c2C)s1. The Bertz CT molecular complexity index is 1380. The lowest BCUT2D eigenvalue weighted by Crippen LogP contribution is -2.13. The van der Waals surface area contributed by atoms with E-state index < -0.39 is 15.7 Å². The molecular weight excluding hydrogens is 470 g/mol. The first-order chi connectivity index (χ1) is 15.1. The van der Waals surface area contributed by atoms with E-state index in [1.165, 1.54) is 13.0 Å². The predicted octanol–water partition coefficient (Wildman–Crippen LogP) is 4.25. The molecule has 0 saturated carbocycles. The summed E-state index contributed by atoms with van der Waals surface area (Å²) in [6, 6.07) is 9.39. The van der Waals surface area contributed by atoms with Crippen LogP contribution in [0.15, 0.2) is 34.2 Å². The van der Waals surface area contributed by atoms with Crippen LogP contribution >= 0.6 is 22.9 Å². The van der Waals surface area contributed by atoms with Crippen molar-refractivity contribution in [3.63, 3.8) is 0 Å². The van der Waals surface area contributed by atoms with Crippen LogP contribution in [0.1, 0.15) is 29.4 Å². The molecule has 2 aromatic heterocycles. The van der Waals surface area contributed by atoms with Gasteiger partial charge in [-0.2, -0.15) is 5.26 Å². The van der Waals surface area contributed by atoms with Gasteiger partial charge in [-0.25, -0.2) is 8.42 Å². The molecule has 0 bridgehead atoms. The molecule has 0 saturated heterocycles. The van der Waals surface area contributed by atoms with E-state index in [1.54, 1.807) is 0 Å². The van der Waals surface area contributed by atoms with Crippen molar-refractivity contribution in [3.8, 4) is 11.8 Å². The van der Waals surface area contributed by atoms with Crippen LogP contribution in [-0.4, -0.2) is 34.8 Å². The number of anilines is 1. The largest absolute Gasteiger partial charge is 0.318 e. The van der Waals surface area contributed by atoms with E-state index in [-0.39, 0.29) is 20.8 Å². The van der Waals surface area contributed by atoms with Crippen molar-refractivity contribution in [2.24, 2.45) is 0 Å². The molecule has 1 aromatic carbocycles. The molecule has 0 spiro atoms. The van der Waals surface area contributed by atoms with E-state index in [9.17, 15) is 18.5 Å². The van der Waals surface area contributed by atoms with Crippen molar-refractivity contribution in [1.82, 2.24) is 14.8 Å². The van der Waals surface area contributed by atoms with Gasteiger partial charge in [0.15, 0.2) is 0 Å². The molecule has 32 heavy (non-hydrogen) atoms. The molecule has 1 amide bonds. The second kappa shape index (κ2) is 9.24. The fourth-order valence-electron chi connectivity index (χ4n) is 3.12. The molecule has 2 heterocycles. The molecule has 0 atom stereocenters. The van der Waals surface area contributed by atoms with E-state index in [0.717, 1.165) is 34.0 Å². The number of hydrogen-bond acceptors (Lipinski definition) is 7. The van der Waals surface area contributed by atoms with Crippen LogP contribution in [-0.2, 0) is 14.6 Å². The average molecular weight is 490 g/mol.